The van der Waals surface area contributed by atoms with Gasteiger partial charge in [0.15, 0.2) is 0 Å². The second-order valence-electron chi connectivity index (χ2n) is 1.30. The molecule has 0 saturated carbocycles. The van der Waals surface area contributed by atoms with Crippen LogP contribution in [0.15, 0.2) is 22.5 Å². The molecule has 2 nitrogen and oxygen atoms in total. The zero-order chi connectivity index (χ0) is 7.72. The Balaban J connectivity index is 2.81. The van der Waals surface area contributed by atoms with Gasteiger partial charge in [-0.25, -0.2) is 0 Å². The molecule has 0 aromatic rings. The van der Waals surface area contributed by atoms with Crippen LogP contribution in [0, 0.1) is 0 Å². The summed E-state index contributed by atoms with van der Waals surface area (Å²) in [6.45, 7) is 0. The van der Waals surface area contributed by atoms with Crippen LogP contribution in [0.4, 0.5) is 8.78 Å². The molecule has 56 valence electrons. The Bertz CT molecular complexity index is 179. The monoisotopic (exact) mass is 188 g/mol. The van der Waals surface area contributed by atoms with Crippen LogP contribution in [0.1, 0.15) is 0 Å². The van der Waals surface area contributed by atoms with Crippen molar-refractivity contribution in [2.24, 2.45) is 0 Å². The van der Waals surface area contributed by atoms with E-state index < -0.39 is 22.5 Å². The molecule has 0 aliphatic carbocycles. The lowest BCUT2D eigenvalue weighted by Crippen LogP contribution is -1.99. The summed E-state index contributed by atoms with van der Waals surface area (Å²) in [7, 11) is 0. The van der Waals surface area contributed by atoms with Crippen LogP contribution < -0.4 is 0 Å². The van der Waals surface area contributed by atoms with Gasteiger partial charge in [-0.3, -0.25) is 0 Å². The molecule has 0 saturated heterocycles. The van der Waals surface area contributed by atoms with Gasteiger partial charge in [-0.15, -0.1) is 0 Å². The summed E-state index contributed by atoms with van der Waals surface area (Å²) in [5, 5.41) is -1.05. The predicted molar refractivity (Wildman–Crippen MR) is 30.1 cm³/mol. The largest absolute Gasteiger partial charge is 0.410 e. The molecule has 6 heteroatoms. The average Bonchev–Trinajstić information content (AvgIpc) is 1.84. The van der Waals surface area contributed by atoms with Crippen molar-refractivity contribution in [2.45, 2.75) is 0 Å². The lowest BCUT2D eigenvalue weighted by Gasteiger charge is -2.09. The van der Waals surface area contributed by atoms with Crippen molar-refractivity contribution < 1.29 is 18.3 Å². The lowest BCUT2D eigenvalue weighted by atomic mass is 10.8. The van der Waals surface area contributed by atoms with Crippen LogP contribution in [-0.4, -0.2) is 0 Å². The van der Waals surface area contributed by atoms with E-state index in [1.165, 1.54) is 0 Å². The Morgan fingerprint density at radius 2 is 1.20 bits per heavy atom. The van der Waals surface area contributed by atoms with Gasteiger partial charge < -0.3 is 9.47 Å². The molecule has 1 heterocycles. The highest BCUT2D eigenvalue weighted by Gasteiger charge is 2.21. The van der Waals surface area contributed by atoms with Gasteiger partial charge in [0.05, 0.1) is 0 Å². The highest BCUT2D eigenvalue weighted by molar-refractivity contribution is 6.37. The van der Waals surface area contributed by atoms with Crippen molar-refractivity contribution >= 4 is 23.2 Å². The number of ether oxygens (including phenoxy) is 2. The summed E-state index contributed by atoms with van der Waals surface area (Å²) in [5.74, 6) is 0. The van der Waals surface area contributed by atoms with Crippen molar-refractivity contribution in [2.75, 3.05) is 0 Å². The van der Waals surface area contributed by atoms with E-state index in [0.717, 1.165) is 0 Å². The van der Waals surface area contributed by atoms with Crippen LogP contribution in [0.25, 0.3) is 0 Å². The second-order valence-corrected chi connectivity index (χ2v) is 1.99. The Hall–Kier alpha value is -0.480. The molecule has 0 unspecified atom stereocenters. The fraction of sp³-hybridized carbons (Fsp3) is 0. The Kier molecular flexibility index (Phi) is 2.01. The molecule has 0 amide bonds. The first-order chi connectivity index (χ1) is 4.61. The summed E-state index contributed by atoms with van der Waals surface area (Å²) in [6.07, 6.45) is 0. The Morgan fingerprint density at radius 3 is 1.50 bits per heavy atom. The summed E-state index contributed by atoms with van der Waals surface area (Å²) in [6, 6.07) is -3.07. The molecule has 0 aromatic carbocycles. The van der Waals surface area contributed by atoms with Gasteiger partial charge in [-0.1, -0.05) is 0 Å². The van der Waals surface area contributed by atoms with Gasteiger partial charge in [0.1, 0.15) is 0 Å². The van der Waals surface area contributed by atoms with E-state index in [9.17, 15) is 8.78 Å². The first-order valence-corrected chi connectivity index (χ1v) is 2.83. The van der Waals surface area contributed by atoms with E-state index in [0.29, 0.717) is 0 Å². The maximum absolute atomic E-state index is 12.0. The quantitative estimate of drug-likeness (QED) is 0.583. The van der Waals surface area contributed by atoms with Crippen LogP contribution >= 0.6 is 23.2 Å². The van der Waals surface area contributed by atoms with E-state index in [1.807, 2.05) is 0 Å². The van der Waals surface area contributed by atoms with E-state index in [-0.39, 0.29) is 0 Å². The van der Waals surface area contributed by atoms with Crippen molar-refractivity contribution in [3.05, 3.63) is 22.5 Å². The fourth-order valence-corrected chi connectivity index (χ4v) is 0.530. The van der Waals surface area contributed by atoms with Crippen molar-refractivity contribution in [1.29, 1.82) is 0 Å². The van der Waals surface area contributed by atoms with Gasteiger partial charge in [-0.2, -0.15) is 8.78 Å². The highest BCUT2D eigenvalue weighted by atomic mass is 35.5. The lowest BCUT2D eigenvalue weighted by molar-refractivity contribution is 0.104. The summed E-state index contributed by atoms with van der Waals surface area (Å²) in [4.78, 5) is 0. The number of hydrogen-bond acceptors (Lipinski definition) is 2. The second kappa shape index (κ2) is 2.64. The van der Waals surface area contributed by atoms with Gasteiger partial charge in [0.25, 0.3) is 10.4 Å². The molecule has 1 rings (SSSR count). The van der Waals surface area contributed by atoms with E-state index >= 15 is 0 Å². The minimum absolute atomic E-state index is 0.527. The number of halogens is 4. The third-order valence-corrected chi connectivity index (χ3v) is 1.26. The minimum Gasteiger partial charge on any atom is -0.410 e. The van der Waals surface area contributed by atoms with Gasteiger partial charge in [-0.05, 0) is 23.2 Å². The Labute approximate surface area is 64.6 Å². The molecule has 0 N–H and O–H groups in total. The summed E-state index contributed by atoms with van der Waals surface area (Å²) in [5.41, 5.74) is 0. The standard InChI is InChI=1S/C4Cl2F2O2/c5-1-2(6)10-4(8)3(7)9-1. The topological polar surface area (TPSA) is 18.5 Å². The summed E-state index contributed by atoms with van der Waals surface area (Å²) >= 11 is 10.2. The molecule has 1 aliphatic rings. The maximum atomic E-state index is 12.0. The third kappa shape index (κ3) is 1.33. The highest BCUT2D eigenvalue weighted by Crippen LogP contribution is 2.30. The molecule has 0 fully saturated rings. The molecular weight excluding hydrogens is 189 g/mol. The van der Waals surface area contributed by atoms with E-state index in [4.69, 9.17) is 23.2 Å². The first-order valence-electron chi connectivity index (χ1n) is 2.07. The minimum atomic E-state index is -1.53. The van der Waals surface area contributed by atoms with Crippen LogP contribution in [0.3, 0.4) is 0 Å². The number of hydrogen-bond donors (Lipinski definition) is 0. The van der Waals surface area contributed by atoms with Gasteiger partial charge in [0.2, 0.25) is 0 Å². The molecule has 0 radical (unpaired) electrons. The zero-order valence-corrected chi connectivity index (χ0v) is 5.84. The van der Waals surface area contributed by atoms with Gasteiger partial charge in [0, 0.05) is 0 Å². The molecule has 0 bridgehead atoms. The zero-order valence-electron chi connectivity index (χ0n) is 4.33. The SMILES string of the molecule is FC1=C(F)OC(Cl)=C(Cl)O1. The molecular formula is C4Cl2F2O2. The third-order valence-electron chi connectivity index (χ3n) is 0.667. The average molecular weight is 189 g/mol. The molecule has 0 spiro atoms. The van der Waals surface area contributed by atoms with Crippen molar-refractivity contribution in [3.8, 4) is 0 Å². The molecule has 10 heavy (non-hydrogen) atoms. The molecule has 0 atom stereocenters. The first kappa shape index (κ1) is 7.63. The number of rotatable bonds is 0. The van der Waals surface area contributed by atoms with Crippen LogP contribution in [0.5, 0.6) is 0 Å². The van der Waals surface area contributed by atoms with Gasteiger partial charge >= 0.3 is 12.0 Å². The van der Waals surface area contributed by atoms with E-state index in [2.05, 4.69) is 9.47 Å². The normalized spacial score (nSPS) is 18.8. The maximum Gasteiger partial charge on any atom is 0.353 e. The van der Waals surface area contributed by atoms with Crippen molar-refractivity contribution in [3.63, 3.8) is 0 Å². The van der Waals surface area contributed by atoms with Crippen LogP contribution in [0.2, 0.25) is 0 Å². The summed E-state index contributed by atoms with van der Waals surface area (Å²) < 4.78 is 31.8. The fourth-order valence-electron chi connectivity index (χ4n) is 0.318. The Morgan fingerprint density at radius 1 is 0.900 bits per heavy atom. The molecule has 1 aliphatic heterocycles. The smallest absolute Gasteiger partial charge is 0.353 e. The predicted octanol–water partition coefficient (Wildman–Crippen LogP) is 2.70. The van der Waals surface area contributed by atoms with Crippen molar-refractivity contribution in [1.82, 2.24) is 0 Å². The molecule has 0 aromatic heterocycles. The van der Waals surface area contributed by atoms with E-state index in [1.54, 1.807) is 0 Å². The van der Waals surface area contributed by atoms with Crippen LogP contribution in [-0.2, 0) is 9.47 Å².